The highest BCUT2D eigenvalue weighted by Gasteiger charge is 2.01. The molecule has 0 bridgehead atoms. The fraction of sp³-hybridized carbons (Fsp3) is 0.111. The number of allylic oxidation sites excluding steroid dienone is 1. The lowest BCUT2D eigenvalue weighted by molar-refractivity contribution is 0.104. The number of hydrazone groups is 1. The van der Waals surface area contributed by atoms with Gasteiger partial charge in [-0.05, 0) is 41.5 Å². The van der Waals surface area contributed by atoms with Crippen molar-refractivity contribution in [2.45, 2.75) is 0 Å². The van der Waals surface area contributed by atoms with Crippen LogP contribution in [0.2, 0.25) is 0 Å². The Morgan fingerprint density at radius 2 is 1.59 bits per heavy atom. The molecule has 0 atom stereocenters. The highest BCUT2D eigenvalue weighted by atomic mass is 19.1. The van der Waals surface area contributed by atoms with E-state index in [9.17, 15) is 9.18 Å². The Labute approximate surface area is 129 Å². The topological polar surface area (TPSA) is 32.7 Å². The summed E-state index contributed by atoms with van der Waals surface area (Å²) in [6.45, 7) is 0. The summed E-state index contributed by atoms with van der Waals surface area (Å²) >= 11 is 0. The SMILES string of the molecule is CN(C)N=Cc1ccc(C=CC(=O)c2ccc(F)cc2)cc1. The van der Waals surface area contributed by atoms with Gasteiger partial charge in [0.15, 0.2) is 5.78 Å². The molecular formula is C18H17FN2O. The molecule has 0 N–H and O–H groups in total. The molecule has 0 saturated heterocycles. The molecule has 4 heteroatoms. The molecule has 0 fully saturated rings. The lowest BCUT2D eigenvalue weighted by atomic mass is 10.1. The van der Waals surface area contributed by atoms with E-state index in [1.54, 1.807) is 17.3 Å². The molecule has 0 aliphatic carbocycles. The van der Waals surface area contributed by atoms with Crippen LogP contribution in [0.15, 0.2) is 59.7 Å². The summed E-state index contributed by atoms with van der Waals surface area (Å²) in [4.78, 5) is 11.9. The maximum atomic E-state index is 12.8. The molecule has 0 aliphatic rings. The van der Waals surface area contributed by atoms with E-state index in [-0.39, 0.29) is 11.6 Å². The van der Waals surface area contributed by atoms with Gasteiger partial charge in [0.05, 0.1) is 6.21 Å². The Hall–Kier alpha value is -2.75. The molecule has 2 rings (SSSR count). The van der Waals surface area contributed by atoms with Gasteiger partial charge in [-0.1, -0.05) is 30.3 Å². The minimum atomic E-state index is -0.351. The van der Waals surface area contributed by atoms with Crippen molar-refractivity contribution in [1.29, 1.82) is 0 Å². The second-order valence-corrected chi connectivity index (χ2v) is 4.96. The maximum Gasteiger partial charge on any atom is 0.185 e. The number of rotatable bonds is 5. The van der Waals surface area contributed by atoms with Crippen LogP contribution in [0, 0.1) is 5.82 Å². The van der Waals surface area contributed by atoms with E-state index in [2.05, 4.69) is 5.10 Å². The molecule has 2 aromatic carbocycles. The van der Waals surface area contributed by atoms with Crippen molar-refractivity contribution in [3.05, 3.63) is 77.1 Å². The van der Waals surface area contributed by atoms with E-state index in [4.69, 9.17) is 0 Å². The zero-order valence-electron chi connectivity index (χ0n) is 12.5. The fourth-order valence-corrected chi connectivity index (χ4v) is 1.76. The smallest absolute Gasteiger partial charge is 0.185 e. The van der Waals surface area contributed by atoms with E-state index in [1.165, 1.54) is 30.3 Å². The zero-order valence-corrected chi connectivity index (χ0v) is 12.5. The van der Waals surface area contributed by atoms with Crippen molar-refractivity contribution in [3.63, 3.8) is 0 Å². The third-order valence-corrected chi connectivity index (χ3v) is 2.93. The first-order chi connectivity index (χ1) is 10.5. The van der Waals surface area contributed by atoms with Crippen molar-refractivity contribution >= 4 is 18.1 Å². The van der Waals surface area contributed by atoms with Crippen molar-refractivity contribution in [2.24, 2.45) is 5.10 Å². The van der Waals surface area contributed by atoms with Crippen LogP contribution in [-0.4, -0.2) is 31.1 Å². The first-order valence-electron chi connectivity index (χ1n) is 6.84. The van der Waals surface area contributed by atoms with Crippen LogP contribution in [0.25, 0.3) is 6.08 Å². The summed E-state index contributed by atoms with van der Waals surface area (Å²) in [5.74, 6) is -0.506. The standard InChI is InChI=1S/C18H17FN2O/c1-21(2)20-13-15-5-3-14(4-6-15)7-12-18(22)16-8-10-17(19)11-9-16/h3-13H,1-2H3. The third-order valence-electron chi connectivity index (χ3n) is 2.93. The molecule has 0 aliphatic heterocycles. The van der Waals surface area contributed by atoms with Gasteiger partial charge in [-0.15, -0.1) is 0 Å². The second kappa shape index (κ2) is 7.31. The predicted molar refractivity (Wildman–Crippen MR) is 87.5 cm³/mol. The Morgan fingerprint density at radius 3 is 2.18 bits per heavy atom. The number of ketones is 1. The zero-order chi connectivity index (χ0) is 15.9. The largest absolute Gasteiger partial charge is 0.303 e. The van der Waals surface area contributed by atoms with Gasteiger partial charge in [-0.25, -0.2) is 4.39 Å². The summed E-state index contributed by atoms with van der Waals surface area (Å²) < 4.78 is 12.8. The minimum absolute atomic E-state index is 0.154. The van der Waals surface area contributed by atoms with E-state index in [1.807, 2.05) is 38.4 Å². The highest BCUT2D eigenvalue weighted by Crippen LogP contribution is 2.08. The number of carbonyl (C=O) groups is 1. The van der Waals surface area contributed by atoms with Gasteiger partial charge < -0.3 is 5.01 Å². The number of benzene rings is 2. The van der Waals surface area contributed by atoms with Gasteiger partial charge in [0.2, 0.25) is 0 Å². The Balaban J connectivity index is 2.03. The highest BCUT2D eigenvalue weighted by molar-refractivity contribution is 6.06. The van der Waals surface area contributed by atoms with E-state index in [0.29, 0.717) is 5.56 Å². The molecule has 0 unspecified atom stereocenters. The summed E-state index contributed by atoms with van der Waals surface area (Å²) in [5, 5.41) is 5.87. The second-order valence-electron chi connectivity index (χ2n) is 4.96. The number of nitrogens with zero attached hydrogens (tertiary/aromatic N) is 2. The van der Waals surface area contributed by atoms with Crippen LogP contribution in [-0.2, 0) is 0 Å². The molecule has 0 heterocycles. The van der Waals surface area contributed by atoms with Crippen molar-refractivity contribution in [1.82, 2.24) is 5.01 Å². The van der Waals surface area contributed by atoms with Gasteiger partial charge in [-0.2, -0.15) is 5.10 Å². The maximum absolute atomic E-state index is 12.8. The fourth-order valence-electron chi connectivity index (χ4n) is 1.76. The van der Waals surface area contributed by atoms with E-state index < -0.39 is 0 Å². The molecule has 2 aromatic rings. The lowest BCUT2D eigenvalue weighted by Crippen LogP contribution is -2.01. The Kier molecular flexibility index (Phi) is 5.20. The lowest BCUT2D eigenvalue weighted by Gasteiger charge is -2.02. The number of hydrogen-bond donors (Lipinski definition) is 0. The Morgan fingerprint density at radius 1 is 1.00 bits per heavy atom. The van der Waals surface area contributed by atoms with Crippen LogP contribution in [0.4, 0.5) is 4.39 Å². The molecule has 0 aromatic heterocycles. The quantitative estimate of drug-likeness (QED) is 0.365. The van der Waals surface area contributed by atoms with E-state index in [0.717, 1.165) is 11.1 Å². The molecular weight excluding hydrogens is 279 g/mol. The first kappa shape index (κ1) is 15.6. The molecule has 3 nitrogen and oxygen atoms in total. The average Bonchev–Trinajstić information content (AvgIpc) is 2.52. The summed E-state index contributed by atoms with van der Waals surface area (Å²) in [6, 6.07) is 13.2. The van der Waals surface area contributed by atoms with Gasteiger partial charge in [0.25, 0.3) is 0 Å². The normalized spacial score (nSPS) is 11.2. The molecule has 112 valence electrons. The summed E-state index contributed by atoms with van der Waals surface area (Å²) in [7, 11) is 3.71. The minimum Gasteiger partial charge on any atom is -0.303 e. The molecule has 0 radical (unpaired) electrons. The predicted octanol–water partition coefficient (Wildman–Crippen LogP) is 3.62. The summed E-state index contributed by atoms with van der Waals surface area (Å²) in [6.07, 6.45) is 4.98. The molecule has 0 amide bonds. The number of hydrogen-bond acceptors (Lipinski definition) is 3. The number of carbonyl (C=O) groups excluding carboxylic acids is 1. The molecule has 0 spiro atoms. The van der Waals surface area contributed by atoms with Crippen molar-refractivity contribution in [2.75, 3.05) is 14.1 Å². The average molecular weight is 296 g/mol. The monoisotopic (exact) mass is 296 g/mol. The van der Waals surface area contributed by atoms with Gasteiger partial charge in [0.1, 0.15) is 5.82 Å². The number of halogens is 1. The van der Waals surface area contributed by atoms with Gasteiger partial charge >= 0.3 is 0 Å². The molecule has 22 heavy (non-hydrogen) atoms. The van der Waals surface area contributed by atoms with Crippen LogP contribution in [0.5, 0.6) is 0 Å². The van der Waals surface area contributed by atoms with Crippen LogP contribution in [0.3, 0.4) is 0 Å². The molecule has 0 saturated carbocycles. The summed E-state index contributed by atoms with van der Waals surface area (Å²) in [5.41, 5.74) is 2.36. The van der Waals surface area contributed by atoms with Crippen LogP contribution >= 0.6 is 0 Å². The van der Waals surface area contributed by atoms with Crippen LogP contribution < -0.4 is 0 Å². The van der Waals surface area contributed by atoms with Crippen molar-refractivity contribution < 1.29 is 9.18 Å². The van der Waals surface area contributed by atoms with Gasteiger partial charge in [-0.3, -0.25) is 4.79 Å². The Bertz CT molecular complexity index is 686. The van der Waals surface area contributed by atoms with Crippen LogP contribution in [0.1, 0.15) is 21.5 Å². The van der Waals surface area contributed by atoms with Crippen molar-refractivity contribution in [3.8, 4) is 0 Å². The first-order valence-corrected chi connectivity index (χ1v) is 6.84. The van der Waals surface area contributed by atoms with Gasteiger partial charge in [0, 0.05) is 19.7 Å². The third kappa shape index (κ3) is 4.66. The van der Waals surface area contributed by atoms with E-state index >= 15 is 0 Å².